The zero-order chi connectivity index (χ0) is 15.4. The Morgan fingerprint density at radius 3 is 2.91 bits per heavy atom. The second-order valence-corrected chi connectivity index (χ2v) is 4.67. The molecule has 0 saturated heterocycles. The van der Waals surface area contributed by atoms with Crippen LogP contribution in [-0.4, -0.2) is 26.0 Å². The molecule has 3 heterocycles. The fraction of sp³-hybridized carbons (Fsp3) is 0.0714. The third kappa shape index (κ3) is 3.09. The predicted octanol–water partition coefficient (Wildman–Crippen LogP) is 2.11. The molecule has 0 fully saturated rings. The highest BCUT2D eigenvalue weighted by Crippen LogP contribution is 2.22. The summed E-state index contributed by atoms with van der Waals surface area (Å²) >= 11 is 5.95. The number of carbonyl (C=O) groups is 1. The van der Waals surface area contributed by atoms with Gasteiger partial charge in [0, 0.05) is 25.1 Å². The van der Waals surface area contributed by atoms with Gasteiger partial charge in [0.2, 0.25) is 5.82 Å². The first-order chi connectivity index (χ1) is 10.7. The zero-order valence-corrected chi connectivity index (χ0v) is 12.0. The van der Waals surface area contributed by atoms with E-state index in [1.807, 2.05) is 6.07 Å². The van der Waals surface area contributed by atoms with Gasteiger partial charge in [-0.3, -0.25) is 9.78 Å². The molecule has 0 aliphatic heterocycles. The summed E-state index contributed by atoms with van der Waals surface area (Å²) in [6, 6.07) is 7.02. The van der Waals surface area contributed by atoms with Crippen molar-refractivity contribution in [3.8, 4) is 11.4 Å². The number of hydrogen-bond donors (Lipinski definition) is 1. The first-order valence-electron chi connectivity index (χ1n) is 6.36. The van der Waals surface area contributed by atoms with Crippen LogP contribution in [0.15, 0.2) is 47.4 Å². The van der Waals surface area contributed by atoms with Crippen LogP contribution in [0.25, 0.3) is 11.4 Å². The van der Waals surface area contributed by atoms with Gasteiger partial charge in [-0.05, 0) is 23.8 Å². The van der Waals surface area contributed by atoms with Gasteiger partial charge in [0.05, 0.1) is 5.56 Å². The van der Waals surface area contributed by atoms with Crippen LogP contribution in [0, 0.1) is 0 Å². The van der Waals surface area contributed by atoms with Crippen LogP contribution in [0.5, 0.6) is 0 Å². The molecule has 0 atom stereocenters. The zero-order valence-electron chi connectivity index (χ0n) is 11.2. The first kappa shape index (κ1) is 14.2. The van der Waals surface area contributed by atoms with Crippen LogP contribution in [0.1, 0.15) is 16.2 Å². The SMILES string of the molecule is O=C(NCc1cccnc1)c1nc(-c2cccnc2Cl)no1. The highest BCUT2D eigenvalue weighted by molar-refractivity contribution is 6.31. The summed E-state index contributed by atoms with van der Waals surface area (Å²) in [5.74, 6) is -0.397. The average molecular weight is 316 g/mol. The van der Waals surface area contributed by atoms with Crippen molar-refractivity contribution in [1.29, 1.82) is 0 Å². The fourth-order valence-corrected chi connectivity index (χ4v) is 1.94. The Balaban J connectivity index is 1.71. The lowest BCUT2D eigenvalue weighted by atomic mass is 10.3. The van der Waals surface area contributed by atoms with Crippen LogP contribution in [0.4, 0.5) is 0 Å². The normalized spacial score (nSPS) is 10.4. The molecule has 0 bridgehead atoms. The Morgan fingerprint density at radius 1 is 1.27 bits per heavy atom. The van der Waals surface area contributed by atoms with Crippen LogP contribution in [-0.2, 0) is 6.54 Å². The van der Waals surface area contributed by atoms with Crippen molar-refractivity contribution in [3.05, 3.63) is 59.5 Å². The van der Waals surface area contributed by atoms with Crippen molar-refractivity contribution in [2.75, 3.05) is 0 Å². The van der Waals surface area contributed by atoms with Crippen LogP contribution >= 0.6 is 11.6 Å². The van der Waals surface area contributed by atoms with E-state index in [0.717, 1.165) is 5.56 Å². The molecule has 3 aromatic rings. The molecular formula is C14H10ClN5O2. The summed E-state index contributed by atoms with van der Waals surface area (Å²) in [5.41, 5.74) is 1.37. The van der Waals surface area contributed by atoms with Crippen LogP contribution in [0.3, 0.4) is 0 Å². The van der Waals surface area contributed by atoms with E-state index >= 15 is 0 Å². The minimum Gasteiger partial charge on any atom is -0.344 e. The molecule has 0 aliphatic carbocycles. The van der Waals surface area contributed by atoms with E-state index < -0.39 is 5.91 Å². The summed E-state index contributed by atoms with van der Waals surface area (Å²) in [5, 5.41) is 6.65. The molecule has 1 amide bonds. The van der Waals surface area contributed by atoms with Crippen molar-refractivity contribution in [3.63, 3.8) is 0 Å². The summed E-state index contributed by atoms with van der Waals surface area (Å²) in [6.45, 7) is 0.317. The average Bonchev–Trinajstić information content (AvgIpc) is 3.04. The van der Waals surface area contributed by atoms with Crippen LogP contribution < -0.4 is 5.32 Å². The molecule has 22 heavy (non-hydrogen) atoms. The van der Waals surface area contributed by atoms with Gasteiger partial charge in [0.1, 0.15) is 5.15 Å². The summed E-state index contributed by atoms with van der Waals surface area (Å²) in [6.07, 6.45) is 4.87. The minimum atomic E-state index is -0.470. The monoisotopic (exact) mass is 315 g/mol. The topological polar surface area (TPSA) is 93.8 Å². The lowest BCUT2D eigenvalue weighted by Crippen LogP contribution is -2.23. The largest absolute Gasteiger partial charge is 0.344 e. The molecule has 0 spiro atoms. The second-order valence-electron chi connectivity index (χ2n) is 4.31. The molecule has 1 N–H and O–H groups in total. The van der Waals surface area contributed by atoms with E-state index in [1.54, 1.807) is 36.8 Å². The highest BCUT2D eigenvalue weighted by Gasteiger charge is 2.17. The minimum absolute atomic E-state index is 0.140. The molecule has 7 nitrogen and oxygen atoms in total. The summed E-state index contributed by atoms with van der Waals surface area (Å²) in [7, 11) is 0. The number of nitrogens with zero attached hydrogens (tertiary/aromatic N) is 4. The molecule has 110 valence electrons. The number of amides is 1. The van der Waals surface area contributed by atoms with E-state index in [4.69, 9.17) is 16.1 Å². The quantitative estimate of drug-likeness (QED) is 0.741. The van der Waals surface area contributed by atoms with Crippen molar-refractivity contribution < 1.29 is 9.32 Å². The molecule has 0 unspecified atom stereocenters. The van der Waals surface area contributed by atoms with Crippen LogP contribution in [0.2, 0.25) is 5.15 Å². The molecule has 8 heteroatoms. The first-order valence-corrected chi connectivity index (χ1v) is 6.73. The third-order valence-electron chi connectivity index (χ3n) is 2.80. The van der Waals surface area contributed by atoms with E-state index in [1.165, 1.54) is 0 Å². The van der Waals surface area contributed by atoms with Gasteiger partial charge in [0.15, 0.2) is 0 Å². The van der Waals surface area contributed by atoms with E-state index in [-0.39, 0.29) is 16.9 Å². The third-order valence-corrected chi connectivity index (χ3v) is 3.10. The van der Waals surface area contributed by atoms with Gasteiger partial charge in [-0.25, -0.2) is 4.98 Å². The van der Waals surface area contributed by atoms with Crippen molar-refractivity contribution in [1.82, 2.24) is 25.4 Å². The van der Waals surface area contributed by atoms with Gasteiger partial charge >= 0.3 is 11.8 Å². The van der Waals surface area contributed by atoms with E-state index in [0.29, 0.717) is 12.1 Å². The van der Waals surface area contributed by atoms with Gasteiger partial charge in [-0.15, -0.1) is 0 Å². The molecule has 3 rings (SSSR count). The summed E-state index contributed by atoms with van der Waals surface area (Å²) < 4.78 is 4.95. The van der Waals surface area contributed by atoms with E-state index in [2.05, 4.69) is 25.4 Å². The number of aromatic nitrogens is 4. The number of hydrogen-bond acceptors (Lipinski definition) is 6. The molecule has 3 aromatic heterocycles. The Bertz CT molecular complexity index is 791. The van der Waals surface area contributed by atoms with Gasteiger partial charge in [-0.1, -0.05) is 22.8 Å². The maximum atomic E-state index is 12.0. The number of rotatable bonds is 4. The summed E-state index contributed by atoms with van der Waals surface area (Å²) in [4.78, 5) is 23.9. The van der Waals surface area contributed by atoms with Crippen molar-refractivity contribution in [2.24, 2.45) is 0 Å². The number of nitrogens with one attached hydrogen (secondary N) is 1. The molecule has 0 saturated carbocycles. The molecule has 0 aromatic carbocycles. The van der Waals surface area contributed by atoms with E-state index in [9.17, 15) is 4.79 Å². The number of carbonyl (C=O) groups excluding carboxylic acids is 1. The Labute approximate surface area is 130 Å². The lowest BCUT2D eigenvalue weighted by Gasteiger charge is -2.00. The Kier molecular flexibility index (Phi) is 4.06. The smallest absolute Gasteiger partial charge is 0.316 e. The molecular weight excluding hydrogens is 306 g/mol. The maximum Gasteiger partial charge on any atom is 0.316 e. The Hall–Kier alpha value is -2.80. The molecule has 0 aliphatic rings. The number of halogens is 1. The standard InChI is InChI=1S/C14H10ClN5O2/c15-11-10(4-2-6-17-11)12-19-14(22-20-12)13(21)18-8-9-3-1-5-16-7-9/h1-7H,8H2,(H,18,21). The van der Waals surface area contributed by atoms with Crippen molar-refractivity contribution in [2.45, 2.75) is 6.54 Å². The maximum absolute atomic E-state index is 12.0. The van der Waals surface area contributed by atoms with Gasteiger partial charge in [0.25, 0.3) is 0 Å². The fourth-order valence-electron chi connectivity index (χ4n) is 1.74. The highest BCUT2D eigenvalue weighted by atomic mass is 35.5. The Morgan fingerprint density at radius 2 is 2.14 bits per heavy atom. The predicted molar refractivity (Wildman–Crippen MR) is 77.9 cm³/mol. The second kappa shape index (κ2) is 6.31. The lowest BCUT2D eigenvalue weighted by molar-refractivity contribution is 0.0907. The van der Waals surface area contributed by atoms with Gasteiger partial charge < -0.3 is 9.84 Å². The van der Waals surface area contributed by atoms with Crippen molar-refractivity contribution >= 4 is 17.5 Å². The molecule has 0 radical (unpaired) electrons. The van der Waals surface area contributed by atoms with Gasteiger partial charge in [-0.2, -0.15) is 4.98 Å². The number of pyridine rings is 2.